The first-order chi connectivity index (χ1) is 7.92. The van der Waals surface area contributed by atoms with Gasteiger partial charge < -0.3 is 4.57 Å². The molecule has 0 bridgehead atoms. The molecule has 2 rings (SSSR count). The molecule has 82 valence electrons. The predicted octanol–water partition coefficient (Wildman–Crippen LogP) is 3.57. The maximum Gasteiger partial charge on any atom is 0.0654 e. The van der Waals surface area contributed by atoms with Gasteiger partial charge in [-0.15, -0.1) is 0 Å². The number of hydrogen-bond donors (Lipinski definition) is 0. The van der Waals surface area contributed by atoms with Crippen LogP contribution < -0.4 is 0 Å². The third-order valence-corrected chi connectivity index (χ3v) is 3.40. The summed E-state index contributed by atoms with van der Waals surface area (Å²) in [4.78, 5) is 0. The van der Waals surface area contributed by atoms with Gasteiger partial charge >= 0.3 is 0 Å². The van der Waals surface area contributed by atoms with Crippen LogP contribution in [-0.4, -0.2) is 6.16 Å². The molecule has 0 saturated heterocycles. The molecular formula is C14H15OP. The van der Waals surface area contributed by atoms with Gasteiger partial charge in [-0.05, 0) is 11.1 Å². The van der Waals surface area contributed by atoms with E-state index in [2.05, 4.69) is 24.3 Å². The lowest BCUT2D eigenvalue weighted by molar-refractivity contribution is 0.596. The first-order valence-electron chi connectivity index (χ1n) is 5.45. The van der Waals surface area contributed by atoms with Crippen molar-refractivity contribution >= 4 is 8.46 Å². The van der Waals surface area contributed by atoms with Gasteiger partial charge in [-0.1, -0.05) is 60.7 Å². The Balaban J connectivity index is 2.35. The molecule has 0 heterocycles. The summed E-state index contributed by atoms with van der Waals surface area (Å²) in [5.41, 5.74) is 2.49. The third-order valence-electron chi connectivity index (χ3n) is 2.74. The second-order valence-electron chi connectivity index (χ2n) is 3.78. The molecule has 16 heavy (non-hydrogen) atoms. The van der Waals surface area contributed by atoms with Crippen molar-refractivity contribution in [1.29, 1.82) is 0 Å². The molecule has 0 fully saturated rings. The third kappa shape index (κ3) is 2.62. The average molecular weight is 230 g/mol. The van der Waals surface area contributed by atoms with Crippen molar-refractivity contribution in [2.45, 2.75) is 5.92 Å². The lowest BCUT2D eigenvalue weighted by Gasteiger charge is -2.15. The second kappa shape index (κ2) is 5.67. The van der Waals surface area contributed by atoms with Crippen LogP contribution in [0.4, 0.5) is 0 Å². The average Bonchev–Trinajstić information content (AvgIpc) is 2.38. The summed E-state index contributed by atoms with van der Waals surface area (Å²) < 4.78 is 11.0. The van der Waals surface area contributed by atoms with E-state index in [0.717, 1.165) is 6.16 Å². The lowest BCUT2D eigenvalue weighted by atomic mass is 9.93. The molecule has 2 heteroatoms. The molecule has 2 aromatic rings. The molecule has 2 aromatic carbocycles. The predicted molar refractivity (Wildman–Crippen MR) is 70.0 cm³/mol. The minimum Gasteiger partial charge on any atom is -0.330 e. The molecule has 1 atom stereocenters. The van der Waals surface area contributed by atoms with Crippen LogP contribution in [-0.2, 0) is 4.57 Å². The molecule has 0 radical (unpaired) electrons. The van der Waals surface area contributed by atoms with E-state index in [1.54, 1.807) is 0 Å². The Hall–Kier alpha value is -1.33. The molecule has 0 aliphatic rings. The van der Waals surface area contributed by atoms with Gasteiger partial charge in [-0.2, -0.15) is 0 Å². The van der Waals surface area contributed by atoms with Crippen LogP contribution in [0, 0.1) is 0 Å². The van der Waals surface area contributed by atoms with E-state index >= 15 is 0 Å². The van der Waals surface area contributed by atoms with Crippen LogP contribution in [0.3, 0.4) is 0 Å². The Morgan fingerprint density at radius 1 is 0.812 bits per heavy atom. The zero-order valence-corrected chi connectivity index (χ0v) is 10.2. The molecule has 0 aliphatic heterocycles. The summed E-state index contributed by atoms with van der Waals surface area (Å²) in [5.74, 6) is 0.273. The second-order valence-corrected chi connectivity index (χ2v) is 4.58. The van der Waals surface area contributed by atoms with Crippen LogP contribution in [0.5, 0.6) is 0 Å². The van der Waals surface area contributed by atoms with Gasteiger partial charge in [-0.25, -0.2) is 0 Å². The molecule has 0 spiro atoms. The zero-order chi connectivity index (χ0) is 11.2. The minimum absolute atomic E-state index is 0.273. The van der Waals surface area contributed by atoms with Gasteiger partial charge in [0.05, 0.1) is 8.46 Å². The van der Waals surface area contributed by atoms with E-state index in [0.29, 0.717) is 0 Å². The van der Waals surface area contributed by atoms with E-state index in [9.17, 15) is 4.57 Å². The highest BCUT2D eigenvalue weighted by Crippen LogP contribution is 2.27. The summed E-state index contributed by atoms with van der Waals surface area (Å²) in [7, 11) is -0.716. The molecule has 1 unspecified atom stereocenters. The Bertz CT molecular complexity index is 399. The molecule has 0 saturated carbocycles. The molecule has 1 nitrogen and oxygen atoms in total. The van der Waals surface area contributed by atoms with E-state index in [1.807, 2.05) is 36.4 Å². The van der Waals surface area contributed by atoms with E-state index in [4.69, 9.17) is 0 Å². The highest BCUT2D eigenvalue weighted by Gasteiger charge is 2.11. The molecule has 0 aliphatic carbocycles. The highest BCUT2D eigenvalue weighted by molar-refractivity contribution is 7.23. The summed E-state index contributed by atoms with van der Waals surface area (Å²) in [5, 5.41) is 0. The van der Waals surface area contributed by atoms with Gasteiger partial charge in [0, 0.05) is 12.1 Å². The standard InChI is InChI=1S/C14H15OP/c15-16-11-14(12-7-3-1-4-8-12)13-9-5-2-6-10-13/h1-10,14H,11,16H2. The van der Waals surface area contributed by atoms with Gasteiger partial charge in [0.25, 0.3) is 0 Å². The Morgan fingerprint density at radius 2 is 1.25 bits per heavy atom. The van der Waals surface area contributed by atoms with Gasteiger partial charge in [0.1, 0.15) is 0 Å². The fourth-order valence-corrected chi connectivity index (χ4v) is 2.67. The van der Waals surface area contributed by atoms with Crippen LogP contribution in [0.25, 0.3) is 0 Å². The first kappa shape index (κ1) is 11.2. The number of rotatable bonds is 4. The van der Waals surface area contributed by atoms with Gasteiger partial charge in [0.2, 0.25) is 0 Å². The minimum atomic E-state index is -0.716. The quantitative estimate of drug-likeness (QED) is 0.734. The van der Waals surface area contributed by atoms with Crippen LogP contribution in [0.1, 0.15) is 17.0 Å². The van der Waals surface area contributed by atoms with Gasteiger partial charge in [-0.3, -0.25) is 0 Å². The number of benzene rings is 2. The van der Waals surface area contributed by atoms with Crippen LogP contribution in [0.15, 0.2) is 60.7 Å². The topological polar surface area (TPSA) is 17.1 Å². The summed E-state index contributed by atoms with van der Waals surface area (Å²) >= 11 is 0. The maximum absolute atomic E-state index is 11.0. The Labute approximate surface area is 97.3 Å². The van der Waals surface area contributed by atoms with E-state index < -0.39 is 8.46 Å². The van der Waals surface area contributed by atoms with Crippen LogP contribution >= 0.6 is 8.46 Å². The molecule has 0 N–H and O–H groups in total. The zero-order valence-electron chi connectivity index (χ0n) is 9.04. The van der Waals surface area contributed by atoms with Crippen molar-refractivity contribution in [3.8, 4) is 0 Å². The first-order valence-corrected chi connectivity index (χ1v) is 6.74. The van der Waals surface area contributed by atoms with Crippen molar-refractivity contribution in [3.05, 3.63) is 71.8 Å². The normalized spacial score (nSPS) is 11.3. The van der Waals surface area contributed by atoms with E-state index in [1.165, 1.54) is 11.1 Å². The SMILES string of the molecule is O=[PH2]CC(c1ccccc1)c1ccccc1. The van der Waals surface area contributed by atoms with Crippen LogP contribution in [0.2, 0.25) is 0 Å². The van der Waals surface area contributed by atoms with Gasteiger partial charge in [0.15, 0.2) is 0 Å². The molecule has 0 amide bonds. The van der Waals surface area contributed by atoms with Crippen molar-refractivity contribution in [2.24, 2.45) is 0 Å². The summed E-state index contributed by atoms with van der Waals surface area (Å²) in [6.07, 6.45) is 0.744. The summed E-state index contributed by atoms with van der Waals surface area (Å²) in [6.45, 7) is 0. The van der Waals surface area contributed by atoms with Crippen molar-refractivity contribution in [3.63, 3.8) is 0 Å². The van der Waals surface area contributed by atoms with E-state index in [-0.39, 0.29) is 5.92 Å². The largest absolute Gasteiger partial charge is 0.330 e. The molecular weight excluding hydrogens is 215 g/mol. The van der Waals surface area contributed by atoms with Crippen molar-refractivity contribution < 1.29 is 4.57 Å². The van der Waals surface area contributed by atoms with Crippen molar-refractivity contribution in [2.75, 3.05) is 6.16 Å². The summed E-state index contributed by atoms with van der Waals surface area (Å²) in [6, 6.07) is 20.6. The highest BCUT2D eigenvalue weighted by atomic mass is 31.1. The fourth-order valence-electron chi connectivity index (χ4n) is 1.93. The Kier molecular flexibility index (Phi) is 3.96. The lowest BCUT2D eigenvalue weighted by Crippen LogP contribution is -2.02. The molecule has 0 aromatic heterocycles. The van der Waals surface area contributed by atoms with Crippen molar-refractivity contribution in [1.82, 2.24) is 0 Å². The maximum atomic E-state index is 11.0. The fraction of sp³-hybridized carbons (Fsp3) is 0.143. The monoisotopic (exact) mass is 230 g/mol. The Morgan fingerprint density at radius 3 is 1.62 bits per heavy atom. The smallest absolute Gasteiger partial charge is 0.0654 e. The number of hydrogen-bond acceptors (Lipinski definition) is 1.